The summed E-state index contributed by atoms with van der Waals surface area (Å²) in [5, 5.41) is 0. The number of rotatable bonds is 2. The molecule has 0 bridgehead atoms. The van der Waals surface area contributed by atoms with Gasteiger partial charge in [0.1, 0.15) is 0 Å². The number of nitrogens with zero attached hydrogens (tertiary/aromatic N) is 2. The molecule has 0 saturated carbocycles. The smallest absolute Gasteiger partial charge is 0.301 e. The molecule has 1 heterocycles. The maximum Gasteiger partial charge on any atom is 0.518 e. The minimum absolute atomic E-state index is 0.186. The molecule has 136 valence electrons. The Kier molecular flexibility index (Phi) is 4.73. The summed E-state index contributed by atoms with van der Waals surface area (Å²) in [6, 6.07) is 5.96. The van der Waals surface area contributed by atoms with Crippen LogP contribution in [0.2, 0.25) is 0 Å². The quantitative estimate of drug-likeness (QED) is 0.744. The van der Waals surface area contributed by atoms with Crippen LogP contribution in [0, 0.1) is 6.92 Å². The third kappa shape index (κ3) is 4.21. The maximum absolute atomic E-state index is 12.8. The lowest BCUT2D eigenvalue weighted by atomic mass is 10.2. The largest absolute Gasteiger partial charge is 0.518 e. The third-order valence-corrected chi connectivity index (χ3v) is 4.05. The molecule has 0 aliphatic rings. The average Bonchev–Trinajstić information content (AvgIpc) is 2.47. The molecule has 0 atom stereocenters. The van der Waals surface area contributed by atoms with Gasteiger partial charge in [-0.05, 0) is 36.8 Å². The van der Waals surface area contributed by atoms with Crippen LogP contribution in [0.1, 0.15) is 11.1 Å². The zero-order valence-electron chi connectivity index (χ0n) is 12.4. The lowest BCUT2D eigenvalue weighted by molar-refractivity contribution is -0.137. The number of hydrogen-bond acceptors (Lipinski definition) is 2. The van der Waals surface area contributed by atoms with E-state index >= 15 is 0 Å². The minimum Gasteiger partial charge on any atom is -0.301 e. The van der Waals surface area contributed by atoms with Gasteiger partial charge >= 0.3 is 21.7 Å². The summed E-state index contributed by atoms with van der Waals surface area (Å²) in [6.45, 7) is 1.53. The van der Waals surface area contributed by atoms with E-state index in [0.29, 0.717) is 11.6 Å². The highest BCUT2D eigenvalue weighted by molar-refractivity contribution is 7.90. The number of sulfonamides is 1. The summed E-state index contributed by atoms with van der Waals surface area (Å²) in [5.41, 5.74) is -7.05. The van der Waals surface area contributed by atoms with E-state index in [1.54, 1.807) is 0 Å². The zero-order chi connectivity index (χ0) is 19.0. The van der Waals surface area contributed by atoms with E-state index in [1.165, 1.54) is 25.3 Å². The van der Waals surface area contributed by atoms with E-state index < -0.39 is 32.8 Å². The first-order valence-corrected chi connectivity index (χ1v) is 7.99. The molecular formula is C14H10F6N2O2S. The number of halogens is 6. The molecule has 1 aromatic heterocycles. The molecule has 0 saturated heterocycles. The van der Waals surface area contributed by atoms with Crippen molar-refractivity contribution in [1.82, 2.24) is 4.57 Å². The molecule has 0 aliphatic heterocycles. The fourth-order valence-electron chi connectivity index (χ4n) is 1.89. The van der Waals surface area contributed by atoms with E-state index in [1.807, 2.05) is 0 Å². The summed E-state index contributed by atoms with van der Waals surface area (Å²) >= 11 is 0. The van der Waals surface area contributed by atoms with Gasteiger partial charge < -0.3 is 4.57 Å². The molecule has 25 heavy (non-hydrogen) atoms. The first-order chi connectivity index (χ1) is 11.3. The predicted octanol–water partition coefficient (Wildman–Crippen LogP) is 3.55. The minimum atomic E-state index is -5.85. The van der Waals surface area contributed by atoms with Crippen LogP contribution in [-0.2, 0) is 16.2 Å². The summed E-state index contributed by atoms with van der Waals surface area (Å²) in [5.74, 6) is 0. The fourth-order valence-corrected chi connectivity index (χ4v) is 2.39. The van der Waals surface area contributed by atoms with Crippen LogP contribution in [0.4, 0.5) is 26.3 Å². The van der Waals surface area contributed by atoms with Gasteiger partial charge in [-0.3, -0.25) is 0 Å². The third-order valence-electron chi connectivity index (χ3n) is 3.03. The van der Waals surface area contributed by atoms with Crippen LogP contribution < -0.4 is 5.49 Å². The molecule has 0 fully saturated rings. The average molecular weight is 384 g/mol. The molecule has 2 rings (SSSR count). The van der Waals surface area contributed by atoms with E-state index in [-0.39, 0.29) is 5.69 Å². The van der Waals surface area contributed by atoms with Gasteiger partial charge in [0.15, 0.2) is 5.49 Å². The van der Waals surface area contributed by atoms with Crippen molar-refractivity contribution < 1.29 is 34.8 Å². The Hall–Kier alpha value is -2.30. The molecule has 2 aromatic rings. The van der Waals surface area contributed by atoms with Crippen LogP contribution in [0.5, 0.6) is 0 Å². The number of aryl methyl sites for hydroxylation is 1. The lowest BCUT2D eigenvalue weighted by Crippen LogP contribution is -2.27. The molecule has 0 spiro atoms. The van der Waals surface area contributed by atoms with Gasteiger partial charge in [-0.15, -0.1) is 4.40 Å². The maximum atomic E-state index is 12.8. The highest BCUT2D eigenvalue weighted by Crippen LogP contribution is 2.30. The van der Waals surface area contributed by atoms with E-state index in [9.17, 15) is 34.8 Å². The van der Waals surface area contributed by atoms with Crippen molar-refractivity contribution in [2.75, 3.05) is 0 Å². The molecule has 0 amide bonds. The van der Waals surface area contributed by atoms with Crippen LogP contribution in [0.25, 0.3) is 5.69 Å². The van der Waals surface area contributed by atoms with Gasteiger partial charge in [-0.25, -0.2) is 0 Å². The predicted molar refractivity (Wildman–Crippen MR) is 76.0 cm³/mol. The summed E-state index contributed by atoms with van der Waals surface area (Å²) in [4.78, 5) is 0. The van der Waals surface area contributed by atoms with Crippen molar-refractivity contribution in [3.05, 3.63) is 59.2 Å². The molecule has 0 unspecified atom stereocenters. The van der Waals surface area contributed by atoms with Gasteiger partial charge in [-0.1, -0.05) is 12.1 Å². The van der Waals surface area contributed by atoms with Crippen molar-refractivity contribution in [2.45, 2.75) is 18.6 Å². The second-order valence-electron chi connectivity index (χ2n) is 4.99. The van der Waals surface area contributed by atoms with E-state index in [0.717, 1.165) is 22.8 Å². The topological polar surface area (TPSA) is 51.4 Å². The number of benzene rings is 1. The van der Waals surface area contributed by atoms with Crippen molar-refractivity contribution in [2.24, 2.45) is 4.40 Å². The normalized spacial score (nSPS) is 14.0. The van der Waals surface area contributed by atoms with Crippen molar-refractivity contribution in [3.8, 4) is 5.69 Å². The number of hydrogen-bond donors (Lipinski definition) is 0. The Morgan fingerprint density at radius 1 is 1.00 bits per heavy atom. The second kappa shape index (κ2) is 6.21. The summed E-state index contributed by atoms with van der Waals surface area (Å²) in [7, 11) is -5.85. The lowest BCUT2D eigenvalue weighted by Gasteiger charge is -2.12. The molecule has 4 nitrogen and oxygen atoms in total. The SMILES string of the molecule is Cc1cc/c(=N\S(=O)(=O)C(F)(F)F)n(-c2cccc(C(F)(F)F)c2)c1. The highest BCUT2D eigenvalue weighted by Gasteiger charge is 2.46. The fraction of sp³-hybridized carbons (Fsp3) is 0.214. The Labute approximate surface area is 138 Å². The number of aromatic nitrogens is 1. The summed E-state index contributed by atoms with van der Waals surface area (Å²) < 4.78 is 102. The van der Waals surface area contributed by atoms with Crippen LogP contribution in [0.15, 0.2) is 47.0 Å². The molecule has 0 radical (unpaired) electrons. The summed E-state index contributed by atoms with van der Waals surface area (Å²) in [6.07, 6.45) is -3.49. The van der Waals surface area contributed by atoms with Crippen LogP contribution >= 0.6 is 0 Å². The Balaban J connectivity index is 2.75. The van der Waals surface area contributed by atoms with Gasteiger partial charge in [0, 0.05) is 11.9 Å². The van der Waals surface area contributed by atoms with E-state index in [4.69, 9.17) is 0 Å². The second-order valence-corrected chi connectivity index (χ2v) is 6.59. The van der Waals surface area contributed by atoms with Crippen molar-refractivity contribution in [3.63, 3.8) is 0 Å². The Morgan fingerprint density at radius 2 is 1.64 bits per heavy atom. The van der Waals surface area contributed by atoms with Crippen molar-refractivity contribution in [1.29, 1.82) is 0 Å². The molecule has 0 aliphatic carbocycles. The van der Waals surface area contributed by atoms with Crippen LogP contribution in [-0.4, -0.2) is 18.5 Å². The highest BCUT2D eigenvalue weighted by atomic mass is 32.2. The first kappa shape index (κ1) is 19.0. The Bertz CT molecular complexity index is 958. The number of pyridine rings is 1. The molecule has 11 heteroatoms. The zero-order valence-corrected chi connectivity index (χ0v) is 13.2. The van der Waals surface area contributed by atoms with Gasteiger partial charge in [0.2, 0.25) is 0 Å². The number of alkyl halides is 6. The van der Waals surface area contributed by atoms with Gasteiger partial charge in [-0.2, -0.15) is 34.8 Å². The van der Waals surface area contributed by atoms with Gasteiger partial charge in [0.05, 0.1) is 5.56 Å². The van der Waals surface area contributed by atoms with Crippen LogP contribution in [0.3, 0.4) is 0 Å². The standard InChI is InChI=1S/C14H10F6N2O2S/c1-9-5-6-12(21-25(23,24)14(18,19)20)22(8-9)11-4-2-3-10(7-11)13(15,16)17/h2-8H,1H3/b21-12+. The molecule has 1 aromatic carbocycles. The molecular weight excluding hydrogens is 374 g/mol. The van der Waals surface area contributed by atoms with Crippen molar-refractivity contribution >= 4 is 10.0 Å². The Morgan fingerprint density at radius 3 is 2.20 bits per heavy atom. The van der Waals surface area contributed by atoms with Gasteiger partial charge in [0.25, 0.3) is 0 Å². The molecule has 0 N–H and O–H groups in total. The van der Waals surface area contributed by atoms with E-state index in [2.05, 4.69) is 4.40 Å². The first-order valence-electron chi connectivity index (χ1n) is 6.55. The monoisotopic (exact) mass is 384 g/mol.